The lowest BCUT2D eigenvalue weighted by molar-refractivity contribution is -0.124. The average molecular weight is 247 g/mol. The number of benzene rings is 1. The third kappa shape index (κ3) is 5.62. The maximum absolute atomic E-state index is 11.7. The highest BCUT2D eigenvalue weighted by molar-refractivity contribution is 5.79. The molecule has 0 unspecified atom stereocenters. The van der Waals surface area contributed by atoms with Crippen LogP contribution in [-0.4, -0.2) is 18.2 Å². The molecule has 0 fully saturated rings. The van der Waals surface area contributed by atoms with E-state index < -0.39 is 0 Å². The van der Waals surface area contributed by atoms with Crippen molar-refractivity contribution in [1.29, 1.82) is 0 Å². The zero-order valence-electron chi connectivity index (χ0n) is 10.9. The number of aryl methyl sites for hydroxylation is 1. The van der Waals surface area contributed by atoms with Gasteiger partial charge in [0.1, 0.15) is 6.29 Å². The molecule has 1 atom stereocenters. The van der Waals surface area contributed by atoms with Gasteiger partial charge in [0.15, 0.2) is 0 Å². The topological polar surface area (TPSA) is 46.2 Å². The number of nitrogens with one attached hydrogen (secondary N) is 1. The smallest absolute Gasteiger partial charge is 0.220 e. The maximum atomic E-state index is 11.7. The SMILES string of the molecule is CCCC[C@@H](C=O)NC(=O)CCc1ccccc1. The minimum Gasteiger partial charge on any atom is -0.347 e. The van der Waals surface area contributed by atoms with Gasteiger partial charge in [-0.05, 0) is 18.4 Å². The Morgan fingerprint density at radius 3 is 2.67 bits per heavy atom. The lowest BCUT2D eigenvalue weighted by atomic mass is 10.1. The van der Waals surface area contributed by atoms with Gasteiger partial charge in [0.25, 0.3) is 0 Å². The Balaban J connectivity index is 2.30. The van der Waals surface area contributed by atoms with E-state index in [1.165, 1.54) is 0 Å². The summed E-state index contributed by atoms with van der Waals surface area (Å²) >= 11 is 0. The Morgan fingerprint density at radius 2 is 2.06 bits per heavy atom. The van der Waals surface area contributed by atoms with Crippen molar-refractivity contribution in [1.82, 2.24) is 5.32 Å². The number of unbranched alkanes of at least 4 members (excludes halogenated alkanes) is 1. The minimum atomic E-state index is -0.326. The van der Waals surface area contributed by atoms with Gasteiger partial charge >= 0.3 is 0 Å². The summed E-state index contributed by atoms with van der Waals surface area (Å²) in [5.41, 5.74) is 1.14. The first kappa shape index (κ1) is 14.4. The van der Waals surface area contributed by atoms with Crippen LogP contribution in [-0.2, 0) is 16.0 Å². The van der Waals surface area contributed by atoms with Gasteiger partial charge in [0.05, 0.1) is 6.04 Å². The van der Waals surface area contributed by atoms with Crippen LogP contribution < -0.4 is 5.32 Å². The first-order valence-corrected chi connectivity index (χ1v) is 6.54. The predicted molar refractivity (Wildman–Crippen MR) is 72.3 cm³/mol. The molecular formula is C15H21NO2. The molecule has 1 rings (SSSR count). The highest BCUT2D eigenvalue weighted by Crippen LogP contribution is 2.03. The molecule has 0 saturated carbocycles. The molecule has 98 valence electrons. The van der Waals surface area contributed by atoms with Gasteiger partial charge in [-0.1, -0.05) is 50.1 Å². The second-order valence-electron chi connectivity index (χ2n) is 4.44. The number of aldehydes is 1. The van der Waals surface area contributed by atoms with E-state index in [-0.39, 0.29) is 11.9 Å². The number of rotatable bonds is 8. The fraction of sp³-hybridized carbons (Fsp3) is 0.467. The van der Waals surface area contributed by atoms with Crippen molar-refractivity contribution in [3.05, 3.63) is 35.9 Å². The lowest BCUT2D eigenvalue weighted by Gasteiger charge is -2.12. The van der Waals surface area contributed by atoms with Crippen molar-refractivity contribution in [2.24, 2.45) is 0 Å². The first-order valence-electron chi connectivity index (χ1n) is 6.54. The molecule has 0 aliphatic carbocycles. The first-order chi connectivity index (χ1) is 8.76. The molecule has 0 heterocycles. The number of hydrogen-bond acceptors (Lipinski definition) is 2. The summed E-state index contributed by atoms with van der Waals surface area (Å²) in [4.78, 5) is 22.5. The van der Waals surface area contributed by atoms with Crippen LogP contribution in [0.5, 0.6) is 0 Å². The van der Waals surface area contributed by atoms with Gasteiger partial charge in [-0.2, -0.15) is 0 Å². The van der Waals surface area contributed by atoms with Gasteiger partial charge in [-0.3, -0.25) is 4.79 Å². The summed E-state index contributed by atoms with van der Waals surface area (Å²) in [5.74, 6) is -0.0490. The molecule has 18 heavy (non-hydrogen) atoms. The van der Waals surface area contributed by atoms with E-state index in [9.17, 15) is 9.59 Å². The fourth-order valence-corrected chi connectivity index (χ4v) is 1.78. The highest BCUT2D eigenvalue weighted by atomic mass is 16.2. The molecular weight excluding hydrogens is 226 g/mol. The molecule has 0 spiro atoms. The third-order valence-electron chi connectivity index (χ3n) is 2.86. The van der Waals surface area contributed by atoms with E-state index >= 15 is 0 Å². The quantitative estimate of drug-likeness (QED) is 0.717. The normalized spacial score (nSPS) is 11.8. The molecule has 3 heteroatoms. The zero-order valence-corrected chi connectivity index (χ0v) is 10.9. The van der Waals surface area contributed by atoms with Crippen molar-refractivity contribution in [3.8, 4) is 0 Å². The van der Waals surface area contributed by atoms with E-state index in [1.54, 1.807) is 0 Å². The summed E-state index contributed by atoms with van der Waals surface area (Å²) in [6.45, 7) is 2.07. The van der Waals surface area contributed by atoms with Crippen LogP contribution in [0.25, 0.3) is 0 Å². The van der Waals surface area contributed by atoms with Crippen LogP contribution in [0.4, 0.5) is 0 Å². The fourth-order valence-electron chi connectivity index (χ4n) is 1.78. The average Bonchev–Trinajstić information content (AvgIpc) is 2.42. The Morgan fingerprint density at radius 1 is 1.33 bits per heavy atom. The van der Waals surface area contributed by atoms with E-state index in [2.05, 4.69) is 12.2 Å². The molecule has 1 N–H and O–H groups in total. The second-order valence-corrected chi connectivity index (χ2v) is 4.44. The lowest BCUT2D eigenvalue weighted by Crippen LogP contribution is -2.36. The predicted octanol–water partition coefficient (Wildman–Crippen LogP) is 2.49. The van der Waals surface area contributed by atoms with Crippen LogP contribution in [0.15, 0.2) is 30.3 Å². The Kier molecular flexibility index (Phi) is 6.77. The number of hydrogen-bond donors (Lipinski definition) is 1. The van der Waals surface area contributed by atoms with E-state index in [0.717, 1.165) is 31.1 Å². The van der Waals surface area contributed by atoms with E-state index in [1.807, 2.05) is 30.3 Å². The van der Waals surface area contributed by atoms with Crippen molar-refractivity contribution in [2.75, 3.05) is 0 Å². The van der Waals surface area contributed by atoms with E-state index in [4.69, 9.17) is 0 Å². The van der Waals surface area contributed by atoms with Gasteiger partial charge in [-0.25, -0.2) is 0 Å². The molecule has 0 aromatic heterocycles. The molecule has 3 nitrogen and oxygen atoms in total. The van der Waals surface area contributed by atoms with Gasteiger partial charge in [0, 0.05) is 6.42 Å². The molecule has 0 bridgehead atoms. The highest BCUT2D eigenvalue weighted by Gasteiger charge is 2.10. The van der Waals surface area contributed by atoms with Crippen LogP contribution in [0, 0.1) is 0 Å². The Bertz CT molecular complexity index is 362. The molecule has 1 aromatic carbocycles. The molecule has 1 aromatic rings. The molecule has 0 saturated heterocycles. The van der Waals surface area contributed by atoms with Gasteiger partial charge in [-0.15, -0.1) is 0 Å². The summed E-state index contributed by atoms with van der Waals surface area (Å²) in [7, 11) is 0. The Hall–Kier alpha value is -1.64. The number of carbonyl (C=O) groups is 2. The summed E-state index contributed by atoms with van der Waals surface area (Å²) in [6, 6.07) is 9.55. The van der Waals surface area contributed by atoms with Crippen molar-refractivity contribution >= 4 is 12.2 Å². The molecule has 0 aliphatic heterocycles. The summed E-state index contributed by atoms with van der Waals surface area (Å²) in [5, 5.41) is 2.76. The van der Waals surface area contributed by atoms with Crippen molar-refractivity contribution < 1.29 is 9.59 Å². The van der Waals surface area contributed by atoms with Crippen molar-refractivity contribution in [2.45, 2.75) is 45.1 Å². The van der Waals surface area contributed by atoms with Gasteiger partial charge < -0.3 is 10.1 Å². The third-order valence-corrected chi connectivity index (χ3v) is 2.86. The second kappa shape index (κ2) is 8.45. The van der Waals surface area contributed by atoms with Crippen LogP contribution in [0.2, 0.25) is 0 Å². The van der Waals surface area contributed by atoms with Crippen LogP contribution >= 0.6 is 0 Å². The zero-order chi connectivity index (χ0) is 13.2. The maximum Gasteiger partial charge on any atom is 0.220 e. The summed E-state index contributed by atoms with van der Waals surface area (Å²) < 4.78 is 0. The Labute approximate surface area is 109 Å². The molecule has 0 aliphatic rings. The molecule has 1 amide bonds. The van der Waals surface area contributed by atoms with Crippen molar-refractivity contribution in [3.63, 3.8) is 0 Å². The van der Waals surface area contributed by atoms with Crippen LogP contribution in [0.3, 0.4) is 0 Å². The number of carbonyl (C=O) groups excluding carboxylic acids is 2. The summed E-state index contributed by atoms with van der Waals surface area (Å²) in [6.07, 6.45) is 4.70. The standard InChI is InChI=1S/C15H21NO2/c1-2-3-9-14(12-17)16-15(18)11-10-13-7-5-4-6-8-13/h4-8,12,14H,2-3,9-11H2,1H3,(H,16,18)/t14-/m0/s1. The largest absolute Gasteiger partial charge is 0.347 e. The molecule has 0 radical (unpaired) electrons. The minimum absolute atomic E-state index is 0.0490. The number of amides is 1. The van der Waals surface area contributed by atoms with Gasteiger partial charge in [0.2, 0.25) is 5.91 Å². The monoisotopic (exact) mass is 247 g/mol. The van der Waals surface area contributed by atoms with E-state index in [0.29, 0.717) is 12.8 Å². The van der Waals surface area contributed by atoms with Crippen LogP contribution in [0.1, 0.15) is 38.2 Å².